The molecule has 0 aliphatic heterocycles. The fourth-order valence-electron chi connectivity index (χ4n) is 3.98. The first kappa shape index (κ1) is 20.7. The van der Waals surface area contributed by atoms with Crippen molar-refractivity contribution in [2.24, 2.45) is 0 Å². The highest BCUT2D eigenvalue weighted by Gasteiger charge is 2.20. The number of carbonyl (C=O) groups excluding carboxylic acids is 1. The molecule has 2 N–H and O–H groups in total. The number of nitrogens with one attached hydrogen (secondary N) is 2. The third-order valence-electron chi connectivity index (χ3n) is 5.65. The third-order valence-corrected chi connectivity index (χ3v) is 5.65. The standard InChI is InChI=1S/C24H23N5O4/c1-32-16-10-8-15(9-11-16)13-22(30)26-21-14-19(20-7-4-12-33-20)28-29(21)24-25-18-6-3-2-5-17(18)23(31)27-24/h4,7-12,14H,2-3,5-6,13H2,1H3,(H,26,30)(H,25,27,31). The van der Waals surface area contributed by atoms with E-state index in [4.69, 9.17) is 9.15 Å². The molecule has 33 heavy (non-hydrogen) atoms. The van der Waals surface area contributed by atoms with E-state index in [1.165, 1.54) is 4.68 Å². The molecule has 3 aromatic heterocycles. The minimum atomic E-state index is -0.229. The number of methoxy groups -OCH3 is 1. The molecule has 0 atom stereocenters. The molecule has 0 saturated carbocycles. The maximum atomic E-state index is 12.8. The molecule has 3 heterocycles. The van der Waals surface area contributed by atoms with Crippen molar-refractivity contribution in [3.63, 3.8) is 0 Å². The van der Waals surface area contributed by atoms with Crippen molar-refractivity contribution in [2.45, 2.75) is 32.1 Å². The monoisotopic (exact) mass is 445 g/mol. The summed E-state index contributed by atoms with van der Waals surface area (Å²) in [7, 11) is 1.60. The van der Waals surface area contributed by atoms with E-state index < -0.39 is 0 Å². The van der Waals surface area contributed by atoms with Crippen LogP contribution in [0.5, 0.6) is 5.75 Å². The molecule has 9 nitrogen and oxygen atoms in total. The van der Waals surface area contributed by atoms with Gasteiger partial charge in [0.05, 0.1) is 25.5 Å². The van der Waals surface area contributed by atoms with Gasteiger partial charge in [0.25, 0.3) is 5.56 Å². The number of benzene rings is 1. The number of H-pyrrole nitrogens is 1. The van der Waals surface area contributed by atoms with Crippen molar-refractivity contribution in [3.8, 4) is 23.2 Å². The number of anilines is 1. The Morgan fingerprint density at radius 1 is 1.21 bits per heavy atom. The number of aromatic nitrogens is 4. The van der Waals surface area contributed by atoms with Crippen molar-refractivity contribution in [2.75, 3.05) is 12.4 Å². The molecule has 0 spiro atoms. The molecule has 0 bridgehead atoms. The second kappa shape index (κ2) is 8.78. The lowest BCUT2D eigenvalue weighted by Crippen LogP contribution is -2.25. The number of amides is 1. The Hall–Kier alpha value is -4.14. The van der Waals surface area contributed by atoms with Crippen molar-refractivity contribution in [3.05, 3.63) is 75.9 Å². The Bertz CT molecular complexity index is 1340. The van der Waals surface area contributed by atoms with Crippen LogP contribution in [-0.4, -0.2) is 32.8 Å². The van der Waals surface area contributed by atoms with E-state index in [-0.39, 0.29) is 23.8 Å². The van der Waals surface area contributed by atoms with E-state index in [2.05, 4.69) is 20.4 Å². The normalized spacial score (nSPS) is 12.9. The maximum absolute atomic E-state index is 12.8. The molecule has 5 rings (SSSR count). The zero-order valence-electron chi connectivity index (χ0n) is 18.1. The van der Waals surface area contributed by atoms with Gasteiger partial charge in [-0.15, -0.1) is 0 Å². The molecule has 0 unspecified atom stereocenters. The highest BCUT2D eigenvalue weighted by molar-refractivity contribution is 5.92. The van der Waals surface area contributed by atoms with Gasteiger partial charge in [0, 0.05) is 11.6 Å². The maximum Gasteiger partial charge on any atom is 0.255 e. The summed E-state index contributed by atoms with van der Waals surface area (Å²) in [6.07, 6.45) is 5.16. The third kappa shape index (κ3) is 4.30. The number of aryl methyl sites for hydroxylation is 1. The topological polar surface area (TPSA) is 115 Å². The smallest absolute Gasteiger partial charge is 0.255 e. The highest BCUT2D eigenvalue weighted by Crippen LogP contribution is 2.25. The van der Waals surface area contributed by atoms with Crippen molar-refractivity contribution < 1.29 is 13.9 Å². The van der Waals surface area contributed by atoms with Crippen molar-refractivity contribution in [1.29, 1.82) is 0 Å². The number of hydrogen-bond donors (Lipinski definition) is 2. The lowest BCUT2D eigenvalue weighted by atomic mass is 9.97. The van der Waals surface area contributed by atoms with Gasteiger partial charge < -0.3 is 14.5 Å². The Morgan fingerprint density at radius 3 is 2.79 bits per heavy atom. The number of nitrogens with zero attached hydrogens (tertiary/aromatic N) is 3. The summed E-state index contributed by atoms with van der Waals surface area (Å²) in [5.41, 5.74) is 2.70. The average molecular weight is 445 g/mol. The Morgan fingerprint density at radius 2 is 2.03 bits per heavy atom. The second-order valence-electron chi connectivity index (χ2n) is 7.90. The zero-order valence-corrected chi connectivity index (χ0v) is 18.1. The first-order chi connectivity index (χ1) is 16.1. The van der Waals surface area contributed by atoms with Gasteiger partial charge in [0.15, 0.2) is 5.76 Å². The fourth-order valence-corrected chi connectivity index (χ4v) is 3.98. The lowest BCUT2D eigenvalue weighted by molar-refractivity contribution is -0.115. The molecule has 1 aliphatic carbocycles. The van der Waals surface area contributed by atoms with Gasteiger partial charge in [-0.3, -0.25) is 14.6 Å². The van der Waals surface area contributed by atoms with E-state index >= 15 is 0 Å². The number of carbonyl (C=O) groups is 1. The van der Waals surface area contributed by atoms with Gasteiger partial charge in [-0.05, 0) is 55.5 Å². The molecule has 1 aromatic carbocycles. The highest BCUT2D eigenvalue weighted by atomic mass is 16.5. The second-order valence-corrected chi connectivity index (χ2v) is 7.90. The molecule has 0 saturated heterocycles. The van der Waals surface area contributed by atoms with Gasteiger partial charge in [0.1, 0.15) is 17.3 Å². The molecule has 1 amide bonds. The van der Waals surface area contributed by atoms with E-state index in [0.29, 0.717) is 17.3 Å². The van der Waals surface area contributed by atoms with Crippen LogP contribution < -0.4 is 15.6 Å². The minimum Gasteiger partial charge on any atom is -0.497 e. The number of fused-ring (bicyclic) bond motifs is 1. The number of rotatable bonds is 6. The first-order valence-electron chi connectivity index (χ1n) is 10.8. The van der Waals surface area contributed by atoms with Crippen LogP contribution in [-0.2, 0) is 24.1 Å². The molecule has 9 heteroatoms. The van der Waals surface area contributed by atoms with Crippen LogP contribution in [0.2, 0.25) is 0 Å². The number of hydrogen-bond acceptors (Lipinski definition) is 6. The Labute approximate surface area is 189 Å². The van der Waals surface area contributed by atoms with Crippen molar-refractivity contribution >= 4 is 11.7 Å². The molecular formula is C24H23N5O4. The van der Waals surface area contributed by atoms with Crippen LogP contribution in [0.15, 0.2) is 57.9 Å². The van der Waals surface area contributed by atoms with Gasteiger partial charge in [-0.2, -0.15) is 9.78 Å². The van der Waals surface area contributed by atoms with Crippen LogP contribution in [0.4, 0.5) is 5.82 Å². The van der Waals surface area contributed by atoms with Gasteiger partial charge in [-0.1, -0.05) is 12.1 Å². The van der Waals surface area contributed by atoms with E-state index in [1.807, 2.05) is 24.3 Å². The largest absolute Gasteiger partial charge is 0.497 e. The molecule has 0 fully saturated rings. The van der Waals surface area contributed by atoms with E-state index in [9.17, 15) is 9.59 Å². The zero-order chi connectivity index (χ0) is 22.8. The molecule has 1 aliphatic rings. The molecule has 4 aromatic rings. The van der Waals surface area contributed by atoms with Crippen LogP contribution in [0.25, 0.3) is 17.4 Å². The Kier molecular flexibility index (Phi) is 5.52. The minimum absolute atomic E-state index is 0.166. The SMILES string of the molecule is COc1ccc(CC(=O)Nc2cc(-c3ccco3)nn2-c2nc3c(c(=O)[nH]2)CCCC3)cc1. The summed E-state index contributed by atoms with van der Waals surface area (Å²) >= 11 is 0. The first-order valence-corrected chi connectivity index (χ1v) is 10.8. The van der Waals surface area contributed by atoms with Crippen LogP contribution >= 0.6 is 0 Å². The summed E-state index contributed by atoms with van der Waals surface area (Å²) in [4.78, 5) is 33.0. The van der Waals surface area contributed by atoms with E-state index in [0.717, 1.165) is 48.3 Å². The van der Waals surface area contributed by atoms with Gasteiger partial charge in [0.2, 0.25) is 11.9 Å². The predicted molar refractivity (Wildman–Crippen MR) is 122 cm³/mol. The Balaban J connectivity index is 1.48. The number of furan rings is 1. The van der Waals surface area contributed by atoms with Crippen LogP contribution in [0.1, 0.15) is 29.7 Å². The summed E-state index contributed by atoms with van der Waals surface area (Å²) in [5, 5.41) is 7.45. The average Bonchev–Trinajstić information content (AvgIpc) is 3.50. The summed E-state index contributed by atoms with van der Waals surface area (Å²) in [6, 6.07) is 12.5. The summed E-state index contributed by atoms with van der Waals surface area (Å²) in [6.45, 7) is 0. The predicted octanol–water partition coefficient (Wildman–Crippen LogP) is 3.28. The number of aromatic amines is 1. The van der Waals surface area contributed by atoms with E-state index in [1.54, 1.807) is 31.6 Å². The van der Waals surface area contributed by atoms with Crippen molar-refractivity contribution in [1.82, 2.24) is 19.7 Å². The van der Waals surface area contributed by atoms with Crippen LogP contribution in [0.3, 0.4) is 0 Å². The molecule has 0 radical (unpaired) electrons. The summed E-state index contributed by atoms with van der Waals surface area (Å²) in [5.74, 6) is 1.69. The van der Waals surface area contributed by atoms with Crippen LogP contribution in [0, 0.1) is 0 Å². The molecule has 168 valence electrons. The fraction of sp³-hybridized carbons (Fsp3) is 0.250. The number of ether oxygens (including phenoxy) is 1. The van der Waals surface area contributed by atoms with Gasteiger partial charge in [-0.25, -0.2) is 4.98 Å². The van der Waals surface area contributed by atoms with Gasteiger partial charge >= 0.3 is 0 Å². The summed E-state index contributed by atoms with van der Waals surface area (Å²) < 4.78 is 12.1. The lowest BCUT2D eigenvalue weighted by Gasteiger charge is -2.15. The molecular weight excluding hydrogens is 422 g/mol. The quantitative estimate of drug-likeness (QED) is 0.471.